The number of carbonyl (C=O) groups excluding carboxylic acids is 2. The number of rotatable bonds is 7. The standard InChI is InChI=1S/C25H18ClN3O5S/c26-19-11-16(23(31)27-12-15-2-1-3-17(30)8-15)5-6-18(19)24(32)29-21(25(33)34)10-14-4-7-22-20(9-14)28-13-35-22/h1-11,13,30H,12H2,(H,27,31)(H,29,32)(H,33,34)/b21-10-. The monoisotopic (exact) mass is 507 g/mol. The molecule has 0 aliphatic heterocycles. The van der Waals surface area contributed by atoms with E-state index in [1.165, 1.54) is 47.7 Å². The lowest BCUT2D eigenvalue weighted by molar-refractivity contribution is -0.132. The summed E-state index contributed by atoms with van der Waals surface area (Å²) in [5.74, 6) is -2.39. The van der Waals surface area contributed by atoms with Gasteiger partial charge in [-0.2, -0.15) is 0 Å². The molecule has 0 fully saturated rings. The van der Waals surface area contributed by atoms with Gasteiger partial charge >= 0.3 is 5.97 Å². The summed E-state index contributed by atoms with van der Waals surface area (Å²) in [4.78, 5) is 41.1. The minimum Gasteiger partial charge on any atom is -0.508 e. The molecule has 0 spiro atoms. The molecule has 3 aromatic carbocycles. The van der Waals surface area contributed by atoms with Crippen molar-refractivity contribution >= 4 is 57.0 Å². The summed E-state index contributed by atoms with van der Waals surface area (Å²) in [6, 6.07) is 15.8. The van der Waals surface area contributed by atoms with Gasteiger partial charge in [0.15, 0.2) is 0 Å². The number of nitrogens with one attached hydrogen (secondary N) is 2. The molecule has 35 heavy (non-hydrogen) atoms. The molecule has 176 valence electrons. The zero-order valence-electron chi connectivity index (χ0n) is 18.0. The Hall–Kier alpha value is -4.21. The number of amides is 2. The first-order valence-electron chi connectivity index (χ1n) is 10.3. The molecular weight excluding hydrogens is 490 g/mol. The summed E-state index contributed by atoms with van der Waals surface area (Å²) >= 11 is 7.70. The van der Waals surface area contributed by atoms with Crippen molar-refractivity contribution in [3.05, 3.63) is 99.1 Å². The van der Waals surface area contributed by atoms with Gasteiger partial charge in [0, 0.05) is 12.1 Å². The van der Waals surface area contributed by atoms with Crippen molar-refractivity contribution in [2.75, 3.05) is 0 Å². The van der Waals surface area contributed by atoms with E-state index >= 15 is 0 Å². The number of carbonyl (C=O) groups is 3. The van der Waals surface area contributed by atoms with Crippen LogP contribution in [-0.4, -0.2) is 33.0 Å². The Morgan fingerprint density at radius 2 is 1.86 bits per heavy atom. The Morgan fingerprint density at radius 3 is 2.60 bits per heavy atom. The van der Waals surface area contributed by atoms with Crippen molar-refractivity contribution in [2.45, 2.75) is 6.54 Å². The van der Waals surface area contributed by atoms with Gasteiger partial charge in [0.2, 0.25) is 0 Å². The molecule has 0 saturated carbocycles. The van der Waals surface area contributed by atoms with Crippen molar-refractivity contribution in [1.29, 1.82) is 0 Å². The number of aromatic nitrogens is 1. The number of aromatic hydroxyl groups is 1. The molecule has 0 bridgehead atoms. The number of hydrogen-bond acceptors (Lipinski definition) is 6. The second-order valence-corrected chi connectivity index (χ2v) is 8.74. The molecule has 8 nitrogen and oxygen atoms in total. The molecule has 10 heteroatoms. The normalized spacial score (nSPS) is 11.3. The van der Waals surface area contributed by atoms with E-state index in [2.05, 4.69) is 15.6 Å². The van der Waals surface area contributed by atoms with Crippen LogP contribution in [0.15, 0.2) is 71.9 Å². The maximum Gasteiger partial charge on any atom is 0.352 e. The van der Waals surface area contributed by atoms with Gasteiger partial charge in [-0.1, -0.05) is 29.8 Å². The number of carboxylic acid groups (broad SMARTS) is 1. The second-order valence-electron chi connectivity index (χ2n) is 7.44. The topological polar surface area (TPSA) is 129 Å². The van der Waals surface area contributed by atoms with Crippen LogP contribution in [0.4, 0.5) is 0 Å². The number of phenolic OH excluding ortho intramolecular Hbond substituents is 1. The molecule has 0 aliphatic carbocycles. The highest BCUT2D eigenvalue weighted by Gasteiger charge is 2.18. The van der Waals surface area contributed by atoms with E-state index in [0.717, 1.165) is 10.2 Å². The van der Waals surface area contributed by atoms with Crippen LogP contribution in [-0.2, 0) is 11.3 Å². The molecule has 0 unspecified atom stereocenters. The average Bonchev–Trinajstić information content (AvgIpc) is 3.30. The molecule has 2 amide bonds. The maximum atomic E-state index is 12.7. The summed E-state index contributed by atoms with van der Waals surface area (Å²) in [6.07, 6.45) is 1.33. The molecular formula is C25H18ClN3O5S. The molecule has 1 heterocycles. The Labute approximate surface area is 208 Å². The van der Waals surface area contributed by atoms with Gasteiger partial charge in [-0.25, -0.2) is 9.78 Å². The lowest BCUT2D eigenvalue weighted by atomic mass is 10.1. The van der Waals surface area contributed by atoms with E-state index in [4.69, 9.17) is 11.6 Å². The van der Waals surface area contributed by atoms with Gasteiger partial charge in [0.1, 0.15) is 11.4 Å². The van der Waals surface area contributed by atoms with E-state index in [1.54, 1.807) is 29.8 Å². The van der Waals surface area contributed by atoms with Crippen LogP contribution in [0.3, 0.4) is 0 Å². The molecule has 0 radical (unpaired) electrons. The van der Waals surface area contributed by atoms with Crippen molar-refractivity contribution in [3.63, 3.8) is 0 Å². The highest BCUT2D eigenvalue weighted by molar-refractivity contribution is 7.16. The van der Waals surface area contributed by atoms with Crippen LogP contribution >= 0.6 is 22.9 Å². The van der Waals surface area contributed by atoms with Crippen LogP contribution in [0.2, 0.25) is 5.02 Å². The number of thiazole rings is 1. The zero-order chi connectivity index (χ0) is 24.9. The quantitative estimate of drug-likeness (QED) is 0.274. The fourth-order valence-electron chi connectivity index (χ4n) is 3.26. The number of benzene rings is 3. The molecule has 0 saturated heterocycles. The Morgan fingerprint density at radius 1 is 1.03 bits per heavy atom. The third-order valence-corrected chi connectivity index (χ3v) is 6.11. The number of fused-ring (bicyclic) bond motifs is 1. The minimum atomic E-state index is -1.32. The number of halogens is 1. The second kappa shape index (κ2) is 10.4. The average molecular weight is 508 g/mol. The number of hydrogen-bond donors (Lipinski definition) is 4. The van der Waals surface area contributed by atoms with Crippen LogP contribution in [0.1, 0.15) is 31.8 Å². The van der Waals surface area contributed by atoms with Crippen molar-refractivity contribution in [2.24, 2.45) is 0 Å². The Kier molecular flexibility index (Phi) is 7.09. The van der Waals surface area contributed by atoms with Gasteiger partial charge in [-0.3, -0.25) is 9.59 Å². The fourth-order valence-corrected chi connectivity index (χ4v) is 4.19. The van der Waals surface area contributed by atoms with Gasteiger partial charge in [-0.05, 0) is 59.7 Å². The van der Waals surface area contributed by atoms with Crippen molar-refractivity contribution in [1.82, 2.24) is 15.6 Å². The largest absolute Gasteiger partial charge is 0.508 e. The SMILES string of the molecule is O=C(O)/C(=C/c1ccc2scnc2c1)NC(=O)c1ccc(C(=O)NCc2cccc(O)c2)cc1Cl. The van der Waals surface area contributed by atoms with Crippen LogP contribution < -0.4 is 10.6 Å². The number of aliphatic carboxylic acids is 1. The number of phenols is 1. The first-order chi connectivity index (χ1) is 16.8. The third kappa shape index (κ3) is 5.84. The summed E-state index contributed by atoms with van der Waals surface area (Å²) in [5.41, 5.74) is 3.58. The molecule has 0 atom stereocenters. The molecule has 4 aromatic rings. The highest BCUT2D eigenvalue weighted by atomic mass is 35.5. The number of carboxylic acids is 1. The van der Waals surface area contributed by atoms with Crippen molar-refractivity contribution < 1.29 is 24.6 Å². The van der Waals surface area contributed by atoms with E-state index in [9.17, 15) is 24.6 Å². The third-order valence-electron chi connectivity index (χ3n) is 4.98. The predicted molar refractivity (Wildman–Crippen MR) is 133 cm³/mol. The lowest BCUT2D eigenvalue weighted by Gasteiger charge is -2.10. The summed E-state index contributed by atoms with van der Waals surface area (Å²) in [7, 11) is 0. The number of nitrogens with zero attached hydrogens (tertiary/aromatic N) is 1. The van der Waals surface area contributed by atoms with Crippen LogP contribution in [0.5, 0.6) is 5.75 Å². The highest BCUT2D eigenvalue weighted by Crippen LogP contribution is 2.21. The fraction of sp³-hybridized carbons (Fsp3) is 0.0400. The van der Waals surface area contributed by atoms with E-state index in [1.807, 2.05) is 6.07 Å². The predicted octanol–water partition coefficient (Wildman–Crippen LogP) is 4.44. The van der Waals surface area contributed by atoms with Gasteiger partial charge in [-0.15, -0.1) is 11.3 Å². The first-order valence-corrected chi connectivity index (χ1v) is 11.5. The molecule has 1 aromatic heterocycles. The van der Waals surface area contributed by atoms with E-state index in [0.29, 0.717) is 11.1 Å². The van der Waals surface area contributed by atoms with Crippen LogP contribution in [0, 0.1) is 0 Å². The van der Waals surface area contributed by atoms with E-state index in [-0.39, 0.29) is 34.1 Å². The van der Waals surface area contributed by atoms with Crippen molar-refractivity contribution in [3.8, 4) is 5.75 Å². The maximum absolute atomic E-state index is 12.7. The molecule has 0 aliphatic rings. The Bertz CT molecular complexity index is 1480. The smallest absolute Gasteiger partial charge is 0.352 e. The van der Waals surface area contributed by atoms with E-state index < -0.39 is 17.8 Å². The molecule has 4 N–H and O–H groups in total. The lowest BCUT2D eigenvalue weighted by Crippen LogP contribution is -2.28. The molecule has 4 rings (SSSR count). The summed E-state index contributed by atoms with van der Waals surface area (Å²) in [6.45, 7) is 0.187. The zero-order valence-corrected chi connectivity index (χ0v) is 19.6. The minimum absolute atomic E-state index is 0.0123. The summed E-state index contributed by atoms with van der Waals surface area (Å²) in [5, 5.41) is 24.1. The Balaban J connectivity index is 1.47. The first kappa shape index (κ1) is 23.9. The van der Waals surface area contributed by atoms with Gasteiger partial charge in [0.25, 0.3) is 11.8 Å². The van der Waals surface area contributed by atoms with Gasteiger partial charge in [0.05, 0.1) is 26.3 Å². The van der Waals surface area contributed by atoms with Gasteiger partial charge < -0.3 is 20.8 Å². The summed E-state index contributed by atoms with van der Waals surface area (Å²) < 4.78 is 0.959. The van der Waals surface area contributed by atoms with Crippen LogP contribution in [0.25, 0.3) is 16.3 Å².